The third kappa shape index (κ3) is 3.80. The number of fused-ring (bicyclic) bond motifs is 1. The maximum absolute atomic E-state index is 13.0. The Hall–Kier alpha value is -2.66. The van der Waals surface area contributed by atoms with Crippen molar-refractivity contribution in [3.05, 3.63) is 64.5 Å². The van der Waals surface area contributed by atoms with Crippen LogP contribution >= 0.6 is 11.3 Å². The van der Waals surface area contributed by atoms with E-state index in [1.54, 1.807) is 11.3 Å². The summed E-state index contributed by atoms with van der Waals surface area (Å²) in [5.74, 6) is 0.830. The number of thiazole rings is 1. The Morgan fingerprint density at radius 3 is 2.71 bits per heavy atom. The normalized spacial score (nSPS) is 16.0. The van der Waals surface area contributed by atoms with Crippen molar-refractivity contribution in [3.63, 3.8) is 0 Å². The molecule has 4 nitrogen and oxygen atoms in total. The van der Waals surface area contributed by atoms with E-state index < -0.39 is 6.10 Å². The van der Waals surface area contributed by atoms with Gasteiger partial charge in [0.05, 0.1) is 16.4 Å². The van der Waals surface area contributed by atoms with Crippen molar-refractivity contribution in [2.45, 2.75) is 39.2 Å². The van der Waals surface area contributed by atoms with Gasteiger partial charge < -0.3 is 9.64 Å². The summed E-state index contributed by atoms with van der Waals surface area (Å²) in [6.45, 7) is 4.67. The summed E-state index contributed by atoms with van der Waals surface area (Å²) in [6.07, 6.45) is 2.12. The molecule has 2 heterocycles. The van der Waals surface area contributed by atoms with Gasteiger partial charge in [-0.25, -0.2) is 4.98 Å². The number of anilines is 1. The monoisotopic (exact) mass is 392 g/mol. The van der Waals surface area contributed by atoms with Crippen LogP contribution in [0.15, 0.2) is 53.9 Å². The highest BCUT2D eigenvalue weighted by Crippen LogP contribution is 2.38. The molecule has 3 aromatic rings. The Morgan fingerprint density at radius 1 is 1.18 bits per heavy atom. The standard InChI is InChI=1S/C23H24N2O2S/c1-3-21-23(26)25(13-7-10-17-8-5-4-6-9-17)20-14-18(11-12-22(20)27-21)19-15-28-16(2)24-19/h4-6,8-9,11-12,14-15,21H,3,7,10,13H2,1-2H3. The third-order valence-electron chi connectivity index (χ3n) is 5.04. The van der Waals surface area contributed by atoms with E-state index >= 15 is 0 Å². The molecule has 0 fully saturated rings. The molecule has 2 aromatic carbocycles. The third-order valence-corrected chi connectivity index (χ3v) is 5.81. The summed E-state index contributed by atoms with van der Waals surface area (Å²) in [5.41, 5.74) is 4.11. The van der Waals surface area contributed by atoms with E-state index in [0.717, 1.165) is 40.5 Å². The molecule has 0 saturated heterocycles. The van der Waals surface area contributed by atoms with Crippen molar-refractivity contribution in [1.29, 1.82) is 0 Å². The van der Waals surface area contributed by atoms with E-state index in [9.17, 15) is 4.79 Å². The highest BCUT2D eigenvalue weighted by molar-refractivity contribution is 7.09. The van der Waals surface area contributed by atoms with Gasteiger partial charge in [-0.15, -0.1) is 11.3 Å². The molecule has 1 unspecified atom stereocenters. The maximum atomic E-state index is 13.0. The summed E-state index contributed by atoms with van der Waals surface area (Å²) in [5, 5.41) is 3.09. The van der Waals surface area contributed by atoms with Crippen LogP contribution in [0.25, 0.3) is 11.3 Å². The minimum Gasteiger partial charge on any atom is -0.478 e. The highest BCUT2D eigenvalue weighted by Gasteiger charge is 2.33. The van der Waals surface area contributed by atoms with Gasteiger partial charge in [-0.3, -0.25) is 4.79 Å². The highest BCUT2D eigenvalue weighted by atomic mass is 32.1. The van der Waals surface area contributed by atoms with E-state index in [1.165, 1.54) is 5.56 Å². The number of carbonyl (C=O) groups excluding carboxylic acids is 1. The van der Waals surface area contributed by atoms with E-state index in [1.807, 2.05) is 43.0 Å². The zero-order valence-electron chi connectivity index (χ0n) is 16.2. The Labute approximate surface area is 169 Å². The number of nitrogens with zero attached hydrogens (tertiary/aromatic N) is 2. The molecule has 0 aliphatic carbocycles. The predicted octanol–water partition coefficient (Wildman–Crippen LogP) is 5.26. The number of ether oxygens (including phenoxy) is 1. The first-order valence-corrected chi connectivity index (χ1v) is 10.6. The lowest BCUT2D eigenvalue weighted by atomic mass is 10.1. The number of hydrogen-bond donors (Lipinski definition) is 0. The SMILES string of the molecule is CCC1Oc2ccc(-c3csc(C)n3)cc2N(CCCc2ccccc2)C1=O. The fraction of sp³-hybridized carbons (Fsp3) is 0.304. The van der Waals surface area contributed by atoms with Gasteiger partial charge in [0.1, 0.15) is 5.75 Å². The van der Waals surface area contributed by atoms with Crippen molar-refractivity contribution in [2.75, 3.05) is 11.4 Å². The second kappa shape index (κ2) is 8.15. The average Bonchev–Trinajstić information content (AvgIpc) is 3.16. The van der Waals surface area contributed by atoms with Crippen LogP contribution in [-0.2, 0) is 11.2 Å². The summed E-state index contributed by atoms with van der Waals surface area (Å²) >= 11 is 1.63. The van der Waals surface area contributed by atoms with Gasteiger partial charge in [0.2, 0.25) is 0 Å². The molecule has 5 heteroatoms. The largest absolute Gasteiger partial charge is 0.478 e. The van der Waals surface area contributed by atoms with Crippen LogP contribution in [0.3, 0.4) is 0 Å². The molecule has 1 atom stereocenters. The lowest BCUT2D eigenvalue weighted by molar-refractivity contribution is -0.126. The fourth-order valence-electron chi connectivity index (χ4n) is 3.55. The van der Waals surface area contributed by atoms with Crippen molar-refractivity contribution in [1.82, 2.24) is 4.98 Å². The molecule has 0 saturated carbocycles. The first-order chi connectivity index (χ1) is 13.7. The zero-order chi connectivity index (χ0) is 19.5. The van der Waals surface area contributed by atoms with Crippen LogP contribution in [0.4, 0.5) is 5.69 Å². The molecule has 1 aliphatic rings. The number of hydrogen-bond acceptors (Lipinski definition) is 4. The zero-order valence-corrected chi connectivity index (χ0v) is 17.0. The summed E-state index contributed by atoms with van der Waals surface area (Å²) in [6, 6.07) is 16.4. The first-order valence-electron chi connectivity index (χ1n) is 9.74. The van der Waals surface area contributed by atoms with Gasteiger partial charge in [-0.1, -0.05) is 37.3 Å². The van der Waals surface area contributed by atoms with Crippen molar-refractivity contribution in [2.24, 2.45) is 0 Å². The predicted molar refractivity (Wildman–Crippen MR) is 114 cm³/mol. The minimum absolute atomic E-state index is 0.0506. The number of carbonyl (C=O) groups is 1. The van der Waals surface area contributed by atoms with Crippen LogP contribution in [0.2, 0.25) is 0 Å². The van der Waals surface area contributed by atoms with Gasteiger partial charge in [0.25, 0.3) is 5.91 Å². The summed E-state index contributed by atoms with van der Waals surface area (Å²) in [4.78, 5) is 19.5. The smallest absolute Gasteiger partial charge is 0.268 e. The average molecular weight is 393 g/mol. The number of aryl methyl sites for hydroxylation is 2. The van der Waals surface area contributed by atoms with Gasteiger partial charge in [-0.2, -0.15) is 0 Å². The van der Waals surface area contributed by atoms with Gasteiger partial charge >= 0.3 is 0 Å². The quantitative estimate of drug-likeness (QED) is 0.575. The van der Waals surface area contributed by atoms with Crippen LogP contribution in [0.1, 0.15) is 30.3 Å². The van der Waals surface area contributed by atoms with E-state index in [2.05, 4.69) is 34.6 Å². The second-order valence-corrected chi connectivity index (χ2v) is 8.09. The Kier molecular flexibility index (Phi) is 5.44. The number of rotatable bonds is 6. The van der Waals surface area contributed by atoms with Crippen LogP contribution in [0.5, 0.6) is 5.75 Å². The lowest BCUT2D eigenvalue weighted by Gasteiger charge is -2.34. The number of amides is 1. The molecule has 1 aromatic heterocycles. The molecule has 0 spiro atoms. The van der Waals surface area contributed by atoms with Gasteiger partial charge in [0.15, 0.2) is 6.10 Å². The molecule has 1 amide bonds. The summed E-state index contributed by atoms with van der Waals surface area (Å²) in [7, 11) is 0. The Morgan fingerprint density at radius 2 is 2.00 bits per heavy atom. The molecule has 1 aliphatic heterocycles. The lowest BCUT2D eigenvalue weighted by Crippen LogP contribution is -2.46. The molecule has 144 valence electrons. The van der Waals surface area contributed by atoms with Gasteiger partial charge in [0, 0.05) is 17.5 Å². The first kappa shape index (κ1) is 18.7. The molecular weight excluding hydrogens is 368 g/mol. The second-order valence-electron chi connectivity index (χ2n) is 7.03. The summed E-state index contributed by atoms with van der Waals surface area (Å²) < 4.78 is 5.98. The van der Waals surface area contributed by atoms with Crippen LogP contribution in [0, 0.1) is 6.92 Å². The number of benzene rings is 2. The Balaban J connectivity index is 1.60. The molecule has 0 radical (unpaired) electrons. The molecule has 0 bridgehead atoms. The molecular formula is C23H24N2O2S. The Bertz CT molecular complexity index is 968. The van der Waals surface area contributed by atoms with Crippen LogP contribution in [-0.4, -0.2) is 23.5 Å². The number of aromatic nitrogens is 1. The fourth-order valence-corrected chi connectivity index (χ4v) is 4.18. The van der Waals surface area contributed by atoms with Crippen molar-refractivity contribution >= 4 is 22.9 Å². The molecule has 0 N–H and O–H groups in total. The van der Waals surface area contributed by atoms with Crippen molar-refractivity contribution in [3.8, 4) is 17.0 Å². The van der Waals surface area contributed by atoms with E-state index in [0.29, 0.717) is 13.0 Å². The topological polar surface area (TPSA) is 42.4 Å². The van der Waals surface area contributed by atoms with E-state index in [4.69, 9.17) is 4.74 Å². The van der Waals surface area contributed by atoms with E-state index in [-0.39, 0.29) is 5.91 Å². The maximum Gasteiger partial charge on any atom is 0.268 e. The van der Waals surface area contributed by atoms with Crippen molar-refractivity contribution < 1.29 is 9.53 Å². The van der Waals surface area contributed by atoms with Crippen LogP contribution < -0.4 is 9.64 Å². The minimum atomic E-state index is -0.406. The molecule has 4 rings (SSSR count). The van der Waals surface area contributed by atoms with Gasteiger partial charge in [-0.05, 0) is 49.9 Å². The molecule has 28 heavy (non-hydrogen) atoms.